The summed E-state index contributed by atoms with van der Waals surface area (Å²) in [6.07, 6.45) is 1.70. The van der Waals surface area contributed by atoms with Crippen molar-refractivity contribution in [3.8, 4) is 0 Å². The van der Waals surface area contributed by atoms with E-state index in [4.69, 9.17) is 23.2 Å². The Labute approximate surface area is 236 Å². The molecule has 38 heavy (non-hydrogen) atoms. The van der Waals surface area contributed by atoms with Crippen molar-refractivity contribution >= 4 is 52.5 Å². The number of aryl methyl sites for hydroxylation is 1. The minimum atomic E-state index is -1.17. The molecule has 0 spiro atoms. The Bertz CT molecular complexity index is 1430. The van der Waals surface area contributed by atoms with Crippen molar-refractivity contribution in [1.82, 2.24) is 10.3 Å². The molecule has 1 N–H and O–H groups in total. The van der Waals surface area contributed by atoms with Crippen molar-refractivity contribution < 1.29 is 9.59 Å². The molecule has 2 unspecified atom stereocenters. The third-order valence-electron chi connectivity index (χ3n) is 6.53. The van der Waals surface area contributed by atoms with E-state index in [1.807, 2.05) is 73.7 Å². The van der Waals surface area contributed by atoms with E-state index in [0.29, 0.717) is 15.7 Å². The van der Waals surface area contributed by atoms with Crippen LogP contribution in [0.4, 0.5) is 5.69 Å². The van der Waals surface area contributed by atoms with Crippen LogP contribution in [0.3, 0.4) is 0 Å². The summed E-state index contributed by atoms with van der Waals surface area (Å²) < 4.78 is -1.17. The molecule has 5 rings (SSSR count). The highest BCUT2D eigenvalue weighted by molar-refractivity contribution is 8.01. The molecule has 0 aliphatic carbocycles. The van der Waals surface area contributed by atoms with Crippen LogP contribution in [0.1, 0.15) is 29.3 Å². The minimum absolute atomic E-state index is 0.00944. The molecule has 5 nitrogen and oxygen atoms in total. The van der Waals surface area contributed by atoms with Crippen LogP contribution in [0.25, 0.3) is 0 Å². The Morgan fingerprint density at radius 2 is 1.63 bits per heavy atom. The van der Waals surface area contributed by atoms with Crippen LogP contribution in [0, 0.1) is 6.92 Å². The number of carbonyl (C=O) groups is 2. The van der Waals surface area contributed by atoms with Gasteiger partial charge in [0.05, 0.1) is 24.7 Å². The van der Waals surface area contributed by atoms with Crippen molar-refractivity contribution in [2.45, 2.75) is 35.6 Å². The van der Waals surface area contributed by atoms with E-state index in [-0.39, 0.29) is 24.8 Å². The third-order valence-corrected chi connectivity index (χ3v) is 8.46. The molecular formula is C30H25Cl2N3O2S. The first kappa shape index (κ1) is 26.3. The number of hydrogen-bond acceptors (Lipinski definition) is 4. The molecule has 0 radical (unpaired) electrons. The summed E-state index contributed by atoms with van der Waals surface area (Å²) in [4.78, 5) is 35.0. The standard InChI is InChI=1S/C30H25Cl2N3O2S/c1-20-5-15-26(16-6-20)38-30(29(37)34-19-24-4-2-3-17-33-24)18-27(36)35(25-13-11-23(32)12-14-25)28(30)21-7-9-22(31)10-8-21/h2-17,28H,18-19H2,1H3,(H,34,37). The minimum Gasteiger partial charge on any atom is -0.349 e. The van der Waals surface area contributed by atoms with Crippen molar-refractivity contribution in [3.05, 3.63) is 124 Å². The van der Waals surface area contributed by atoms with Crippen LogP contribution < -0.4 is 10.2 Å². The van der Waals surface area contributed by atoms with Crippen molar-refractivity contribution in [1.29, 1.82) is 0 Å². The van der Waals surface area contributed by atoms with Gasteiger partial charge in [0, 0.05) is 26.8 Å². The summed E-state index contributed by atoms with van der Waals surface area (Å²) in [5.74, 6) is -0.390. The monoisotopic (exact) mass is 561 g/mol. The maximum Gasteiger partial charge on any atom is 0.239 e. The molecule has 1 saturated heterocycles. The SMILES string of the molecule is Cc1ccc(SC2(C(=O)NCc3ccccn3)CC(=O)N(c3ccc(Cl)cc3)C2c2ccc(Cl)cc2)cc1. The Hall–Kier alpha value is -3.32. The molecular weight excluding hydrogens is 537 g/mol. The molecule has 1 aliphatic rings. The van der Waals surface area contributed by atoms with Gasteiger partial charge in [-0.2, -0.15) is 0 Å². The second-order valence-corrected chi connectivity index (χ2v) is 11.5. The van der Waals surface area contributed by atoms with Gasteiger partial charge in [0.25, 0.3) is 0 Å². The van der Waals surface area contributed by atoms with Gasteiger partial charge in [-0.1, -0.05) is 59.1 Å². The highest BCUT2D eigenvalue weighted by Crippen LogP contribution is 2.54. The van der Waals surface area contributed by atoms with E-state index < -0.39 is 10.8 Å². The first-order chi connectivity index (χ1) is 18.4. The summed E-state index contributed by atoms with van der Waals surface area (Å²) in [7, 11) is 0. The summed E-state index contributed by atoms with van der Waals surface area (Å²) in [6.45, 7) is 2.26. The van der Waals surface area contributed by atoms with Crippen molar-refractivity contribution in [3.63, 3.8) is 0 Å². The molecule has 192 valence electrons. The lowest BCUT2D eigenvalue weighted by Gasteiger charge is -2.36. The Balaban J connectivity index is 1.63. The number of anilines is 1. The molecule has 1 aromatic heterocycles. The number of thioether (sulfide) groups is 1. The first-order valence-corrected chi connectivity index (χ1v) is 13.7. The summed E-state index contributed by atoms with van der Waals surface area (Å²) in [6, 6.07) is 27.4. The van der Waals surface area contributed by atoms with Crippen LogP contribution in [-0.2, 0) is 16.1 Å². The van der Waals surface area contributed by atoms with E-state index in [9.17, 15) is 9.59 Å². The van der Waals surface area contributed by atoms with E-state index >= 15 is 0 Å². The predicted octanol–water partition coefficient (Wildman–Crippen LogP) is 7.02. The first-order valence-electron chi connectivity index (χ1n) is 12.1. The molecule has 0 bridgehead atoms. The summed E-state index contributed by atoms with van der Waals surface area (Å²) in [5.41, 5.74) is 3.33. The molecule has 2 atom stereocenters. The second kappa shape index (κ2) is 11.2. The van der Waals surface area contributed by atoms with Crippen molar-refractivity contribution in [2.75, 3.05) is 4.90 Å². The molecule has 2 heterocycles. The van der Waals surface area contributed by atoms with Crippen LogP contribution in [0.2, 0.25) is 10.0 Å². The number of halogens is 2. The Kier molecular flexibility index (Phi) is 7.75. The van der Waals surface area contributed by atoms with Gasteiger partial charge in [0.2, 0.25) is 11.8 Å². The number of amides is 2. The molecule has 0 saturated carbocycles. The topological polar surface area (TPSA) is 62.3 Å². The fourth-order valence-electron chi connectivity index (χ4n) is 4.70. The predicted molar refractivity (Wildman–Crippen MR) is 154 cm³/mol. The average Bonchev–Trinajstić information content (AvgIpc) is 3.22. The fraction of sp³-hybridized carbons (Fsp3) is 0.167. The molecule has 8 heteroatoms. The van der Waals surface area contributed by atoms with E-state index in [0.717, 1.165) is 21.7 Å². The average molecular weight is 563 g/mol. The molecule has 1 fully saturated rings. The van der Waals surface area contributed by atoms with Crippen LogP contribution in [0.5, 0.6) is 0 Å². The molecule has 1 aliphatic heterocycles. The summed E-state index contributed by atoms with van der Waals surface area (Å²) in [5, 5.41) is 4.22. The maximum absolute atomic E-state index is 14.3. The lowest BCUT2D eigenvalue weighted by Crippen LogP contribution is -2.48. The number of rotatable bonds is 7. The lowest BCUT2D eigenvalue weighted by atomic mass is 9.91. The third kappa shape index (κ3) is 5.44. The van der Waals surface area contributed by atoms with Gasteiger partial charge in [0.15, 0.2) is 0 Å². The van der Waals surface area contributed by atoms with E-state index in [2.05, 4.69) is 10.3 Å². The van der Waals surface area contributed by atoms with Crippen LogP contribution in [0.15, 0.2) is 102 Å². The number of pyridine rings is 1. The summed E-state index contributed by atoms with van der Waals surface area (Å²) >= 11 is 13.8. The zero-order valence-corrected chi connectivity index (χ0v) is 22.9. The van der Waals surface area contributed by atoms with Crippen molar-refractivity contribution in [2.24, 2.45) is 0 Å². The number of nitrogens with zero attached hydrogens (tertiary/aromatic N) is 2. The highest BCUT2D eigenvalue weighted by Gasteiger charge is 2.58. The number of nitrogens with one attached hydrogen (secondary N) is 1. The lowest BCUT2D eigenvalue weighted by molar-refractivity contribution is -0.125. The van der Waals surface area contributed by atoms with E-state index in [1.165, 1.54) is 11.8 Å². The molecule has 4 aromatic rings. The molecule has 2 amide bonds. The maximum atomic E-state index is 14.3. The normalized spacial score (nSPS) is 19.0. The van der Waals surface area contributed by atoms with Crippen LogP contribution >= 0.6 is 35.0 Å². The quantitative estimate of drug-likeness (QED) is 0.263. The van der Waals surface area contributed by atoms with Gasteiger partial charge in [-0.05, 0) is 73.2 Å². The van der Waals surface area contributed by atoms with Gasteiger partial charge >= 0.3 is 0 Å². The zero-order valence-electron chi connectivity index (χ0n) is 20.6. The smallest absolute Gasteiger partial charge is 0.239 e. The van der Waals surface area contributed by atoms with Gasteiger partial charge < -0.3 is 10.2 Å². The second-order valence-electron chi connectivity index (χ2n) is 9.18. The Morgan fingerprint density at radius 3 is 2.26 bits per heavy atom. The number of benzene rings is 3. The van der Waals surface area contributed by atoms with E-state index in [1.54, 1.807) is 35.4 Å². The van der Waals surface area contributed by atoms with Gasteiger partial charge in [-0.3, -0.25) is 14.6 Å². The van der Waals surface area contributed by atoms with Gasteiger partial charge in [-0.25, -0.2) is 0 Å². The largest absolute Gasteiger partial charge is 0.349 e. The fourth-order valence-corrected chi connectivity index (χ4v) is 6.36. The molecule has 3 aromatic carbocycles. The Morgan fingerprint density at radius 1 is 0.974 bits per heavy atom. The van der Waals surface area contributed by atoms with Gasteiger partial charge in [-0.15, -0.1) is 11.8 Å². The zero-order chi connectivity index (χ0) is 26.7. The number of aromatic nitrogens is 1. The van der Waals surface area contributed by atoms with Crippen LogP contribution in [-0.4, -0.2) is 21.5 Å². The van der Waals surface area contributed by atoms with Gasteiger partial charge in [0.1, 0.15) is 4.75 Å². The number of hydrogen-bond donors (Lipinski definition) is 1. The number of carbonyl (C=O) groups excluding carboxylic acids is 2. The highest BCUT2D eigenvalue weighted by atomic mass is 35.5.